The third kappa shape index (κ3) is 3.80. The Kier molecular flexibility index (Phi) is 4.55. The van der Waals surface area contributed by atoms with Crippen molar-refractivity contribution in [2.45, 2.75) is 38.1 Å². The van der Waals surface area contributed by atoms with E-state index >= 15 is 0 Å². The van der Waals surface area contributed by atoms with Crippen LogP contribution in [0, 0.1) is 5.92 Å². The molecule has 0 unspecified atom stereocenters. The molecule has 1 fully saturated rings. The van der Waals surface area contributed by atoms with E-state index in [0.717, 1.165) is 31.1 Å². The monoisotopic (exact) mass is 392 g/mol. The van der Waals surface area contributed by atoms with Gasteiger partial charge in [-0.2, -0.15) is 5.10 Å². The number of hydrogen-bond donors (Lipinski definition) is 1. The van der Waals surface area contributed by atoms with E-state index in [0.29, 0.717) is 11.4 Å². The van der Waals surface area contributed by atoms with Crippen molar-refractivity contribution in [3.63, 3.8) is 0 Å². The summed E-state index contributed by atoms with van der Waals surface area (Å²) in [6.07, 6.45) is 0.800. The minimum Gasteiger partial charge on any atom is -0.405 e. The molecular weight excluding hydrogens is 377 g/mol. The molecule has 8 heteroatoms. The zero-order chi connectivity index (χ0) is 16.6. The number of halogens is 4. The van der Waals surface area contributed by atoms with Crippen LogP contribution in [0.3, 0.4) is 0 Å². The highest BCUT2D eigenvalue weighted by molar-refractivity contribution is 9.10. The Balaban J connectivity index is 1.84. The van der Waals surface area contributed by atoms with Crippen molar-refractivity contribution in [1.82, 2.24) is 9.78 Å². The molecular formula is C15H16BrF3N2O2. The third-order valence-corrected chi connectivity index (χ3v) is 4.87. The SMILES string of the molecule is OCC1CCC(n2cc3cc(Br)c(OC(F)(F)F)cc3n2)CC1. The molecule has 0 spiro atoms. The van der Waals surface area contributed by atoms with E-state index in [1.54, 1.807) is 6.07 Å². The number of fused-ring (bicyclic) bond motifs is 1. The Hall–Kier alpha value is -1.28. The van der Waals surface area contributed by atoms with Crippen LogP contribution in [0.5, 0.6) is 5.75 Å². The zero-order valence-electron chi connectivity index (χ0n) is 12.2. The second-order valence-corrected chi connectivity index (χ2v) is 6.71. The van der Waals surface area contributed by atoms with Gasteiger partial charge in [0.05, 0.1) is 16.0 Å². The van der Waals surface area contributed by atoms with Crippen molar-refractivity contribution in [3.8, 4) is 5.75 Å². The zero-order valence-corrected chi connectivity index (χ0v) is 13.8. The molecule has 1 heterocycles. The molecule has 2 aromatic rings. The Morgan fingerprint density at radius 2 is 1.96 bits per heavy atom. The smallest absolute Gasteiger partial charge is 0.405 e. The number of nitrogens with zero attached hydrogens (tertiary/aromatic N) is 2. The number of hydrogen-bond acceptors (Lipinski definition) is 3. The number of rotatable bonds is 3. The molecule has 126 valence electrons. The van der Waals surface area contributed by atoms with E-state index in [4.69, 9.17) is 0 Å². The molecule has 3 rings (SSSR count). The molecule has 1 saturated carbocycles. The van der Waals surface area contributed by atoms with Crippen LogP contribution < -0.4 is 4.74 Å². The summed E-state index contributed by atoms with van der Waals surface area (Å²) >= 11 is 3.10. The molecule has 0 radical (unpaired) electrons. The van der Waals surface area contributed by atoms with E-state index in [9.17, 15) is 18.3 Å². The highest BCUT2D eigenvalue weighted by atomic mass is 79.9. The minimum absolute atomic E-state index is 0.207. The summed E-state index contributed by atoms with van der Waals surface area (Å²) < 4.78 is 43.3. The first kappa shape index (κ1) is 16.6. The van der Waals surface area contributed by atoms with Gasteiger partial charge in [-0.15, -0.1) is 13.2 Å². The number of benzene rings is 1. The van der Waals surface area contributed by atoms with Crippen LogP contribution in [0.15, 0.2) is 22.8 Å². The molecule has 1 aromatic heterocycles. The summed E-state index contributed by atoms with van der Waals surface area (Å²) in [5.74, 6) is 0.0522. The Labute approximate surface area is 139 Å². The van der Waals surface area contributed by atoms with E-state index in [-0.39, 0.29) is 22.9 Å². The average Bonchev–Trinajstić information content (AvgIpc) is 2.89. The molecule has 23 heavy (non-hydrogen) atoms. The number of alkyl halides is 3. The van der Waals surface area contributed by atoms with Crippen LogP contribution in [-0.2, 0) is 0 Å². The first-order chi connectivity index (χ1) is 10.9. The standard InChI is InChI=1S/C15H16BrF3N2O2/c16-12-5-10-7-21(11-3-1-9(8-22)2-4-11)20-13(10)6-14(12)23-15(17,18)19/h5-7,9,11,22H,1-4,8H2. The van der Waals surface area contributed by atoms with Gasteiger partial charge in [0.25, 0.3) is 0 Å². The fourth-order valence-electron chi connectivity index (χ4n) is 3.03. The Morgan fingerprint density at radius 1 is 1.26 bits per heavy atom. The van der Waals surface area contributed by atoms with Crippen LogP contribution in [0.2, 0.25) is 0 Å². The molecule has 4 nitrogen and oxygen atoms in total. The summed E-state index contributed by atoms with van der Waals surface area (Å²) in [5, 5.41) is 14.3. The van der Waals surface area contributed by atoms with Gasteiger partial charge in [0, 0.05) is 24.3 Å². The minimum atomic E-state index is -4.73. The topological polar surface area (TPSA) is 47.3 Å². The van der Waals surface area contributed by atoms with Crippen LogP contribution in [0.25, 0.3) is 10.9 Å². The van der Waals surface area contributed by atoms with Gasteiger partial charge in [-0.3, -0.25) is 4.68 Å². The molecule has 1 aliphatic carbocycles. The maximum Gasteiger partial charge on any atom is 0.573 e. The van der Waals surface area contributed by atoms with Crippen LogP contribution >= 0.6 is 15.9 Å². The van der Waals surface area contributed by atoms with Crippen molar-refractivity contribution in [1.29, 1.82) is 0 Å². The first-order valence-electron chi connectivity index (χ1n) is 7.41. The first-order valence-corrected chi connectivity index (χ1v) is 8.20. The summed E-state index contributed by atoms with van der Waals surface area (Å²) in [6, 6.07) is 3.10. The molecule has 0 saturated heterocycles. The van der Waals surface area contributed by atoms with Gasteiger partial charge in [0.2, 0.25) is 0 Å². The molecule has 0 atom stereocenters. The van der Waals surface area contributed by atoms with Crippen LogP contribution in [-0.4, -0.2) is 27.9 Å². The summed E-state index contributed by atoms with van der Waals surface area (Å²) in [6.45, 7) is 0.207. The predicted octanol–water partition coefficient (Wildman–Crippen LogP) is 4.42. The maximum absolute atomic E-state index is 12.4. The van der Waals surface area contributed by atoms with Gasteiger partial charge in [-0.05, 0) is 53.6 Å². The summed E-state index contributed by atoms with van der Waals surface area (Å²) in [4.78, 5) is 0. The highest BCUT2D eigenvalue weighted by Crippen LogP contribution is 2.36. The van der Waals surface area contributed by atoms with Gasteiger partial charge >= 0.3 is 6.36 Å². The van der Waals surface area contributed by atoms with E-state index in [2.05, 4.69) is 25.8 Å². The predicted molar refractivity (Wildman–Crippen MR) is 82.2 cm³/mol. The molecule has 1 aliphatic rings. The third-order valence-electron chi connectivity index (χ3n) is 4.25. The lowest BCUT2D eigenvalue weighted by Gasteiger charge is -2.27. The van der Waals surface area contributed by atoms with E-state index in [1.807, 2.05) is 10.9 Å². The van der Waals surface area contributed by atoms with Gasteiger partial charge in [0.1, 0.15) is 5.75 Å². The molecule has 0 aliphatic heterocycles. The van der Waals surface area contributed by atoms with Crippen molar-refractivity contribution >= 4 is 26.8 Å². The van der Waals surface area contributed by atoms with Crippen molar-refractivity contribution in [2.24, 2.45) is 5.92 Å². The van der Waals surface area contributed by atoms with Gasteiger partial charge in [-0.25, -0.2) is 0 Å². The lowest BCUT2D eigenvalue weighted by atomic mass is 9.87. The second-order valence-electron chi connectivity index (χ2n) is 5.86. The van der Waals surface area contributed by atoms with Crippen molar-refractivity contribution in [3.05, 3.63) is 22.8 Å². The highest BCUT2D eigenvalue weighted by Gasteiger charge is 2.32. The fourth-order valence-corrected chi connectivity index (χ4v) is 3.47. The number of aromatic nitrogens is 2. The van der Waals surface area contributed by atoms with Crippen LogP contribution in [0.1, 0.15) is 31.7 Å². The number of aliphatic hydroxyl groups is 1. The number of ether oxygens (including phenoxy) is 1. The average molecular weight is 393 g/mol. The normalized spacial score (nSPS) is 22.5. The second kappa shape index (κ2) is 6.32. The summed E-state index contributed by atoms with van der Waals surface area (Å²) in [7, 11) is 0. The van der Waals surface area contributed by atoms with Crippen molar-refractivity contribution in [2.75, 3.05) is 6.61 Å². The molecule has 0 amide bonds. The molecule has 0 bridgehead atoms. The largest absolute Gasteiger partial charge is 0.573 e. The lowest BCUT2D eigenvalue weighted by molar-refractivity contribution is -0.274. The lowest BCUT2D eigenvalue weighted by Crippen LogP contribution is -2.20. The summed E-state index contributed by atoms with van der Waals surface area (Å²) in [5.41, 5.74) is 0.469. The van der Waals surface area contributed by atoms with E-state index < -0.39 is 6.36 Å². The number of aliphatic hydroxyl groups excluding tert-OH is 1. The fraction of sp³-hybridized carbons (Fsp3) is 0.533. The van der Waals surface area contributed by atoms with Gasteiger partial charge in [0.15, 0.2) is 0 Å². The van der Waals surface area contributed by atoms with Crippen molar-refractivity contribution < 1.29 is 23.0 Å². The molecule has 1 aromatic carbocycles. The molecule has 1 N–H and O–H groups in total. The van der Waals surface area contributed by atoms with Gasteiger partial charge < -0.3 is 9.84 Å². The van der Waals surface area contributed by atoms with E-state index in [1.165, 1.54) is 6.07 Å². The maximum atomic E-state index is 12.4. The Morgan fingerprint density at radius 3 is 2.57 bits per heavy atom. The van der Waals surface area contributed by atoms with Gasteiger partial charge in [-0.1, -0.05) is 0 Å². The van der Waals surface area contributed by atoms with Crippen LogP contribution in [0.4, 0.5) is 13.2 Å². The Bertz CT molecular complexity index is 694. The quantitative estimate of drug-likeness (QED) is 0.840.